The zero-order valence-corrected chi connectivity index (χ0v) is 11.9. The van der Waals surface area contributed by atoms with Crippen molar-refractivity contribution in [2.45, 2.75) is 32.4 Å². The van der Waals surface area contributed by atoms with Gasteiger partial charge in [0, 0.05) is 19.7 Å². The van der Waals surface area contributed by atoms with Crippen molar-refractivity contribution in [2.75, 3.05) is 27.3 Å². The van der Waals surface area contributed by atoms with Crippen molar-refractivity contribution < 1.29 is 9.84 Å². The molecule has 3 heteroatoms. The Kier molecular flexibility index (Phi) is 6.33. The van der Waals surface area contributed by atoms with Crippen molar-refractivity contribution in [3.8, 4) is 0 Å². The second-order valence-electron chi connectivity index (χ2n) is 5.09. The van der Waals surface area contributed by atoms with Gasteiger partial charge in [-0.3, -0.25) is 0 Å². The standard InChI is InChI=1S/C15H25NO2/c1-12-5-7-14(8-6-12)9-13(2)16(3)10-15(17)11-18-4/h5-8,13,15,17H,9-11H2,1-4H3/t13-,15+/m1/s1. The van der Waals surface area contributed by atoms with Gasteiger partial charge in [-0.15, -0.1) is 0 Å². The molecule has 0 saturated heterocycles. The van der Waals surface area contributed by atoms with E-state index in [2.05, 4.69) is 43.0 Å². The van der Waals surface area contributed by atoms with Crippen LogP contribution in [-0.2, 0) is 11.2 Å². The third kappa shape index (κ3) is 5.17. The molecule has 0 aliphatic carbocycles. The van der Waals surface area contributed by atoms with Crippen LogP contribution in [0.15, 0.2) is 24.3 Å². The van der Waals surface area contributed by atoms with Gasteiger partial charge >= 0.3 is 0 Å². The van der Waals surface area contributed by atoms with Gasteiger partial charge in [0.25, 0.3) is 0 Å². The molecule has 0 aliphatic rings. The molecule has 3 nitrogen and oxygen atoms in total. The molecule has 1 aromatic carbocycles. The van der Waals surface area contributed by atoms with Gasteiger partial charge in [0.1, 0.15) is 0 Å². The lowest BCUT2D eigenvalue weighted by Crippen LogP contribution is -2.38. The normalized spacial score (nSPS) is 14.8. The van der Waals surface area contributed by atoms with Crippen LogP contribution in [0.5, 0.6) is 0 Å². The Balaban J connectivity index is 2.44. The van der Waals surface area contributed by atoms with Gasteiger partial charge in [-0.2, -0.15) is 0 Å². The molecule has 0 heterocycles. The first-order valence-corrected chi connectivity index (χ1v) is 6.45. The average molecular weight is 251 g/mol. The molecule has 0 unspecified atom stereocenters. The summed E-state index contributed by atoms with van der Waals surface area (Å²) in [6.45, 7) is 5.31. The summed E-state index contributed by atoms with van der Waals surface area (Å²) in [5.74, 6) is 0. The molecule has 0 aliphatic heterocycles. The van der Waals surface area contributed by atoms with E-state index in [0.29, 0.717) is 19.2 Å². The topological polar surface area (TPSA) is 32.7 Å². The Morgan fingerprint density at radius 2 is 1.89 bits per heavy atom. The Morgan fingerprint density at radius 3 is 2.44 bits per heavy atom. The fourth-order valence-electron chi connectivity index (χ4n) is 1.98. The molecule has 0 aromatic heterocycles. The molecule has 0 spiro atoms. The molecule has 1 aromatic rings. The maximum absolute atomic E-state index is 9.70. The van der Waals surface area contributed by atoms with Crippen molar-refractivity contribution in [3.05, 3.63) is 35.4 Å². The molecule has 18 heavy (non-hydrogen) atoms. The summed E-state index contributed by atoms with van der Waals surface area (Å²) in [4.78, 5) is 2.17. The van der Waals surface area contributed by atoms with E-state index in [-0.39, 0.29) is 0 Å². The lowest BCUT2D eigenvalue weighted by Gasteiger charge is -2.26. The van der Waals surface area contributed by atoms with Crippen molar-refractivity contribution in [2.24, 2.45) is 0 Å². The second kappa shape index (κ2) is 7.52. The highest BCUT2D eigenvalue weighted by Gasteiger charge is 2.14. The van der Waals surface area contributed by atoms with E-state index >= 15 is 0 Å². The number of rotatable bonds is 7. The minimum Gasteiger partial charge on any atom is -0.389 e. The molecular formula is C15H25NO2. The number of likely N-dealkylation sites (N-methyl/N-ethyl adjacent to an activating group) is 1. The lowest BCUT2D eigenvalue weighted by atomic mass is 10.0. The summed E-state index contributed by atoms with van der Waals surface area (Å²) in [6, 6.07) is 9.03. The average Bonchev–Trinajstić information content (AvgIpc) is 2.32. The van der Waals surface area contributed by atoms with Gasteiger partial charge < -0.3 is 14.7 Å². The van der Waals surface area contributed by atoms with E-state index in [1.807, 2.05) is 7.05 Å². The highest BCUT2D eigenvalue weighted by atomic mass is 16.5. The highest BCUT2D eigenvalue weighted by Crippen LogP contribution is 2.09. The maximum atomic E-state index is 9.70. The van der Waals surface area contributed by atoms with Crippen LogP contribution in [0.25, 0.3) is 0 Å². The number of ether oxygens (including phenoxy) is 1. The third-order valence-corrected chi connectivity index (χ3v) is 3.26. The molecule has 0 radical (unpaired) electrons. The highest BCUT2D eigenvalue weighted by molar-refractivity contribution is 5.21. The monoisotopic (exact) mass is 251 g/mol. The van der Waals surface area contributed by atoms with Gasteiger partial charge in [0.15, 0.2) is 0 Å². The van der Waals surface area contributed by atoms with Crippen molar-refractivity contribution in [1.82, 2.24) is 4.90 Å². The minimum atomic E-state index is -0.416. The molecule has 1 rings (SSSR count). The molecule has 2 atom stereocenters. The number of aliphatic hydroxyl groups excluding tert-OH is 1. The van der Waals surface area contributed by atoms with E-state index in [9.17, 15) is 5.11 Å². The molecule has 0 fully saturated rings. The van der Waals surface area contributed by atoms with Crippen LogP contribution in [0, 0.1) is 6.92 Å². The lowest BCUT2D eigenvalue weighted by molar-refractivity contribution is 0.0359. The zero-order chi connectivity index (χ0) is 13.5. The molecule has 1 N–H and O–H groups in total. The molecular weight excluding hydrogens is 226 g/mol. The van der Waals surface area contributed by atoms with E-state index in [1.165, 1.54) is 11.1 Å². The first-order valence-electron chi connectivity index (χ1n) is 6.45. The van der Waals surface area contributed by atoms with Gasteiger partial charge in [-0.05, 0) is 32.9 Å². The van der Waals surface area contributed by atoms with Crippen LogP contribution < -0.4 is 0 Å². The van der Waals surface area contributed by atoms with Crippen LogP contribution in [0.3, 0.4) is 0 Å². The number of hydrogen-bond donors (Lipinski definition) is 1. The number of nitrogens with zero attached hydrogens (tertiary/aromatic N) is 1. The summed E-state index contributed by atoms with van der Waals surface area (Å²) >= 11 is 0. The molecule has 0 amide bonds. The molecule has 0 bridgehead atoms. The molecule has 102 valence electrons. The SMILES string of the molecule is COC[C@@H](O)CN(C)[C@H](C)Cc1ccc(C)cc1. The fourth-order valence-corrected chi connectivity index (χ4v) is 1.98. The summed E-state index contributed by atoms with van der Waals surface area (Å²) in [5.41, 5.74) is 2.62. The van der Waals surface area contributed by atoms with Gasteiger partial charge in [-0.25, -0.2) is 0 Å². The largest absolute Gasteiger partial charge is 0.389 e. The van der Waals surface area contributed by atoms with Crippen molar-refractivity contribution in [1.29, 1.82) is 0 Å². The van der Waals surface area contributed by atoms with Crippen LogP contribution in [0.4, 0.5) is 0 Å². The smallest absolute Gasteiger partial charge is 0.0900 e. The Labute approximate surface area is 110 Å². The minimum absolute atomic E-state index is 0.390. The number of hydrogen-bond acceptors (Lipinski definition) is 3. The maximum Gasteiger partial charge on any atom is 0.0900 e. The Bertz CT molecular complexity index is 337. The van der Waals surface area contributed by atoms with Crippen LogP contribution >= 0.6 is 0 Å². The summed E-state index contributed by atoms with van der Waals surface area (Å²) in [5, 5.41) is 9.70. The number of methoxy groups -OCH3 is 1. The first-order chi connectivity index (χ1) is 8.52. The zero-order valence-electron chi connectivity index (χ0n) is 11.9. The van der Waals surface area contributed by atoms with E-state index in [4.69, 9.17) is 4.74 Å². The quantitative estimate of drug-likeness (QED) is 0.803. The summed E-state index contributed by atoms with van der Waals surface area (Å²) < 4.78 is 4.94. The third-order valence-electron chi connectivity index (χ3n) is 3.26. The number of benzene rings is 1. The van der Waals surface area contributed by atoms with Gasteiger partial charge in [-0.1, -0.05) is 29.8 Å². The second-order valence-corrected chi connectivity index (χ2v) is 5.09. The molecule has 0 saturated carbocycles. The number of aryl methyl sites for hydroxylation is 1. The van der Waals surface area contributed by atoms with Crippen LogP contribution in [-0.4, -0.2) is 49.5 Å². The summed E-state index contributed by atoms with van der Waals surface area (Å²) in [6.07, 6.45) is 0.580. The number of aliphatic hydroxyl groups is 1. The van der Waals surface area contributed by atoms with E-state index in [0.717, 1.165) is 6.42 Å². The van der Waals surface area contributed by atoms with Crippen molar-refractivity contribution in [3.63, 3.8) is 0 Å². The fraction of sp³-hybridized carbons (Fsp3) is 0.600. The van der Waals surface area contributed by atoms with Crippen LogP contribution in [0.2, 0.25) is 0 Å². The van der Waals surface area contributed by atoms with E-state index < -0.39 is 6.10 Å². The van der Waals surface area contributed by atoms with E-state index in [1.54, 1.807) is 7.11 Å². The van der Waals surface area contributed by atoms with Crippen molar-refractivity contribution >= 4 is 0 Å². The Morgan fingerprint density at radius 1 is 1.28 bits per heavy atom. The predicted molar refractivity (Wildman–Crippen MR) is 74.9 cm³/mol. The van der Waals surface area contributed by atoms with Gasteiger partial charge in [0.2, 0.25) is 0 Å². The van der Waals surface area contributed by atoms with Crippen LogP contribution in [0.1, 0.15) is 18.1 Å². The van der Waals surface area contributed by atoms with Gasteiger partial charge in [0.05, 0.1) is 12.7 Å². The Hall–Kier alpha value is -0.900. The predicted octanol–water partition coefficient (Wildman–Crippen LogP) is 1.87. The first kappa shape index (κ1) is 15.2. The summed E-state index contributed by atoms with van der Waals surface area (Å²) in [7, 11) is 3.65.